The highest BCUT2D eigenvalue weighted by atomic mass is 16.3. The zero-order chi connectivity index (χ0) is 8.84. The second kappa shape index (κ2) is 2.98. The van der Waals surface area contributed by atoms with E-state index < -0.39 is 0 Å². The van der Waals surface area contributed by atoms with E-state index in [1.165, 1.54) is 32.1 Å². The second-order valence-corrected chi connectivity index (χ2v) is 5.43. The molecule has 1 heteroatoms. The summed E-state index contributed by atoms with van der Waals surface area (Å²) in [5.41, 5.74) is 0. The Morgan fingerprint density at radius 3 is 2.69 bits per heavy atom. The quantitative estimate of drug-likeness (QED) is 0.692. The van der Waals surface area contributed by atoms with E-state index in [1.54, 1.807) is 0 Å². The van der Waals surface area contributed by atoms with Gasteiger partial charge in [-0.1, -0.05) is 6.42 Å². The summed E-state index contributed by atoms with van der Waals surface area (Å²) in [6.07, 6.45) is 8.58. The minimum atomic E-state index is 0.422. The Hall–Kier alpha value is -0.0400. The number of fused-ring (bicyclic) bond motifs is 5. The maximum atomic E-state index is 9.00. The van der Waals surface area contributed by atoms with E-state index in [0.717, 1.165) is 36.0 Å². The lowest BCUT2D eigenvalue weighted by Crippen LogP contribution is -2.24. The molecule has 5 unspecified atom stereocenters. The van der Waals surface area contributed by atoms with Gasteiger partial charge in [-0.3, -0.25) is 0 Å². The second-order valence-electron chi connectivity index (χ2n) is 5.43. The highest BCUT2D eigenvalue weighted by Crippen LogP contribution is 2.61. The SMILES string of the molecule is OCCC1CC2CC1C1CCCC21. The first-order valence-electron chi connectivity index (χ1n) is 6.01. The van der Waals surface area contributed by atoms with Crippen molar-refractivity contribution < 1.29 is 5.11 Å². The molecule has 1 nitrogen and oxygen atoms in total. The molecule has 0 radical (unpaired) electrons. The first kappa shape index (κ1) is 8.28. The van der Waals surface area contributed by atoms with Crippen molar-refractivity contribution in [3.05, 3.63) is 0 Å². The van der Waals surface area contributed by atoms with Crippen molar-refractivity contribution >= 4 is 0 Å². The zero-order valence-electron chi connectivity index (χ0n) is 8.28. The zero-order valence-corrected chi connectivity index (χ0v) is 8.28. The maximum absolute atomic E-state index is 9.00. The van der Waals surface area contributed by atoms with Crippen molar-refractivity contribution in [2.75, 3.05) is 6.61 Å². The normalized spacial score (nSPS) is 52.8. The van der Waals surface area contributed by atoms with E-state index in [0.29, 0.717) is 6.61 Å². The number of rotatable bonds is 2. The summed E-state index contributed by atoms with van der Waals surface area (Å²) < 4.78 is 0. The molecule has 0 spiro atoms. The largest absolute Gasteiger partial charge is 0.396 e. The monoisotopic (exact) mass is 180 g/mol. The fourth-order valence-electron chi connectivity index (χ4n) is 4.71. The van der Waals surface area contributed by atoms with Gasteiger partial charge in [0.25, 0.3) is 0 Å². The molecule has 3 rings (SSSR count). The Balaban J connectivity index is 1.74. The predicted octanol–water partition coefficient (Wildman–Crippen LogP) is 2.44. The van der Waals surface area contributed by atoms with Crippen LogP contribution in [0.25, 0.3) is 0 Å². The van der Waals surface area contributed by atoms with Crippen molar-refractivity contribution in [2.45, 2.75) is 38.5 Å². The van der Waals surface area contributed by atoms with Crippen LogP contribution in [-0.2, 0) is 0 Å². The molecule has 0 heterocycles. The molecule has 0 aromatic rings. The summed E-state index contributed by atoms with van der Waals surface area (Å²) in [6, 6.07) is 0. The first-order valence-corrected chi connectivity index (χ1v) is 6.01. The minimum Gasteiger partial charge on any atom is -0.396 e. The smallest absolute Gasteiger partial charge is 0.0433 e. The van der Waals surface area contributed by atoms with E-state index in [9.17, 15) is 0 Å². The Labute approximate surface area is 80.5 Å². The molecular formula is C12H20O. The molecule has 0 saturated heterocycles. The van der Waals surface area contributed by atoms with Gasteiger partial charge in [0.15, 0.2) is 0 Å². The summed E-state index contributed by atoms with van der Waals surface area (Å²) in [5.74, 6) is 5.17. The van der Waals surface area contributed by atoms with Crippen molar-refractivity contribution in [3.63, 3.8) is 0 Å². The molecule has 0 aromatic carbocycles. The van der Waals surface area contributed by atoms with Crippen LogP contribution >= 0.6 is 0 Å². The van der Waals surface area contributed by atoms with Gasteiger partial charge in [0.2, 0.25) is 0 Å². The average Bonchev–Trinajstić information content (AvgIpc) is 2.72. The summed E-state index contributed by atoms with van der Waals surface area (Å²) in [7, 11) is 0. The van der Waals surface area contributed by atoms with Crippen LogP contribution in [0.1, 0.15) is 38.5 Å². The van der Waals surface area contributed by atoms with E-state index in [2.05, 4.69) is 0 Å². The topological polar surface area (TPSA) is 20.2 Å². The van der Waals surface area contributed by atoms with Gasteiger partial charge in [-0.2, -0.15) is 0 Å². The molecule has 3 saturated carbocycles. The summed E-state index contributed by atoms with van der Waals surface area (Å²) in [5, 5.41) is 9.00. The Kier molecular flexibility index (Phi) is 1.90. The minimum absolute atomic E-state index is 0.422. The number of hydrogen-bond acceptors (Lipinski definition) is 1. The molecule has 3 fully saturated rings. The van der Waals surface area contributed by atoms with Crippen LogP contribution in [0.3, 0.4) is 0 Å². The van der Waals surface area contributed by atoms with Crippen molar-refractivity contribution in [2.24, 2.45) is 29.6 Å². The van der Waals surface area contributed by atoms with Gasteiger partial charge in [0, 0.05) is 6.61 Å². The fraction of sp³-hybridized carbons (Fsp3) is 1.00. The van der Waals surface area contributed by atoms with Crippen molar-refractivity contribution in [1.82, 2.24) is 0 Å². The summed E-state index contributed by atoms with van der Waals surface area (Å²) in [4.78, 5) is 0. The van der Waals surface area contributed by atoms with Crippen LogP contribution in [-0.4, -0.2) is 11.7 Å². The van der Waals surface area contributed by atoms with Crippen LogP contribution in [0.4, 0.5) is 0 Å². The molecule has 3 aliphatic rings. The Morgan fingerprint density at radius 2 is 1.85 bits per heavy atom. The summed E-state index contributed by atoms with van der Waals surface area (Å²) >= 11 is 0. The highest BCUT2D eigenvalue weighted by molar-refractivity contribution is 5.02. The van der Waals surface area contributed by atoms with Gasteiger partial charge < -0.3 is 5.11 Å². The van der Waals surface area contributed by atoms with Gasteiger partial charge >= 0.3 is 0 Å². The van der Waals surface area contributed by atoms with Crippen LogP contribution in [0.5, 0.6) is 0 Å². The molecule has 3 aliphatic carbocycles. The third kappa shape index (κ3) is 1.09. The Bertz CT molecular complexity index is 201. The number of aliphatic hydroxyl groups is 1. The number of hydrogen-bond donors (Lipinski definition) is 1. The standard InChI is InChI=1S/C12H20O/c13-5-4-8-6-9-7-12(8)11-3-1-2-10(9)11/h8-13H,1-7H2. The Morgan fingerprint density at radius 1 is 1.00 bits per heavy atom. The van der Waals surface area contributed by atoms with Crippen molar-refractivity contribution in [3.8, 4) is 0 Å². The predicted molar refractivity (Wildman–Crippen MR) is 52.2 cm³/mol. The van der Waals surface area contributed by atoms with E-state index in [4.69, 9.17) is 5.11 Å². The molecule has 0 amide bonds. The van der Waals surface area contributed by atoms with Crippen LogP contribution in [0.15, 0.2) is 0 Å². The van der Waals surface area contributed by atoms with Gasteiger partial charge in [0.05, 0.1) is 0 Å². The van der Waals surface area contributed by atoms with Crippen LogP contribution < -0.4 is 0 Å². The van der Waals surface area contributed by atoms with Crippen LogP contribution in [0, 0.1) is 29.6 Å². The van der Waals surface area contributed by atoms with Crippen molar-refractivity contribution in [1.29, 1.82) is 0 Å². The van der Waals surface area contributed by atoms with E-state index >= 15 is 0 Å². The van der Waals surface area contributed by atoms with Gasteiger partial charge in [-0.15, -0.1) is 0 Å². The van der Waals surface area contributed by atoms with Crippen LogP contribution in [0.2, 0.25) is 0 Å². The highest BCUT2D eigenvalue weighted by Gasteiger charge is 2.53. The third-order valence-electron chi connectivity index (χ3n) is 5.07. The fourth-order valence-corrected chi connectivity index (χ4v) is 4.71. The molecule has 0 aromatic heterocycles. The van der Waals surface area contributed by atoms with Gasteiger partial charge in [-0.25, -0.2) is 0 Å². The lowest BCUT2D eigenvalue weighted by Gasteiger charge is -2.31. The van der Waals surface area contributed by atoms with E-state index in [-0.39, 0.29) is 0 Å². The molecule has 2 bridgehead atoms. The van der Waals surface area contributed by atoms with Gasteiger partial charge in [-0.05, 0) is 61.7 Å². The molecule has 74 valence electrons. The maximum Gasteiger partial charge on any atom is 0.0433 e. The molecule has 0 aliphatic heterocycles. The number of aliphatic hydroxyl groups excluding tert-OH is 1. The molecular weight excluding hydrogens is 160 g/mol. The van der Waals surface area contributed by atoms with Gasteiger partial charge in [0.1, 0.15) is 0 Å². The first-order chi connectivity index (χ1) is 6.40. The lowest BCUT2D eigenvalue weighted by molar-refractivity contribution is 0.153. The lowest BCUT2D eigenvalue weighted by atomic mass is 9.75. The van der Waals surface area contributed by atoms with E-state index in [1.807, 2.05) is 0 Å². The molecule has 5 atom stereocenters. The molecule has 13 heavy (non-hydrogen) atoms. The summed E-state index contributed by atoms with van der Waals surface area (Å²) in [6.45, 7) is 0.422. The molecule has 1 N–H and O–H groups in total. The average molecular weight is 180 g/mol. The third-order valence-corrected chi connectivity index (χ3v) is 5.07.